The molecule has 0 N–H and O–H groups in total. The third kappa shape index (κ3) is 2.85. The van der Waals surface area contributed by atoms with E-state index in [4.69, 9.17) is 20.9 Å². The summed E-state index contributed by atoms with van der Waals surface area (Å²) < 4.78 is 14.7. The number of hydrogen-bond acceptors (Lipinski definition) is 7. The lowest BCUT2D eigenvalue weighted by Gasteiger charge is -2.08. The van der Waals surface area contributed by atoms with Crippen LogP contribution in [0.1, 0.15) is 37.2 Å². The standard InChI is InChI=1S/C19H18ClN7O2/c1-10(2)19-22-17(25-29-19)16-14-7-26-15(8-28-3)23-24-18(26)12-6-11(20)4-5-13(12)27(14)9-21-16/h4-6,9-10H,7-8H2,1-3H3. The molecule has 29 heavy (non-hydrogen) atoms. The Balaban J connectivity index is 1.74. The van der Waals surface area contributed by atoms with Crippen LogP contribution in [0.25, 0.3) is 28.6 Å². The van der Waals surface area contributed by atoms with Gasteiger partial charge in [-0.3, -0.25) is 4.57 Å². The number of rotatable bonds is 4. The molecule has 0 bridgehead atoms. The van der Waals surface area contributed by atoms with Crippen molar-refractivity contribution in [3.8, 4) is 28.6 Å². The van der Waals surface area contributed by atoms with Crippen LogP contribution in [0.5, 0.6) is 0 Å². The molecule has 0 amide bonds. The highest BCUT2D eigenvalue weighted by Crippen LogP contribution is 2.36. The zero-order chi connectivity index (χ0) is 20.1. The van der Waals surface area contributed by atoms with E-state index in [1.807, 2.05) is 41.2 Å². The van der Waals surface area contributed by atoms with E-state index in [0.717, 1.165) is 22.8 Å². The summed E-state index contributed by atoms with van der Waals surface area (Å²) in [7, 11) is 1.63. The summed E-state index contributed by atoms with van der Waals surface area (Å²) in [6, 6.07) is 5.67. The summed E-state index contributed by atoms with van der Waals surface area (Å²) in [5.74, 6) is 2.61. The van der Waals surface area contributed by atoms with E-state index in [9.17, 15) is 0 Å². The summed E-state index contributed by atoms with van der Waals surface area (Å²) in [6.45, 7) is 4.83. The fourth-order valence-corrected chi connectivity index (χ4v) is 3.64. The minimum absolute atomic E-state index is 0.137. The third-order valence-electron chi connectivity index (χ3n) is 4.88. The van der Waals surface area contributed by atoms with Gasteiger partial charge in [0.05, 0.1) is 17.9 Å². The third-order valence-corrected chi connectivity index (χ3v) is 5.12. The average molecular weight is 412 g/mol. The Morgan fingerprint density at radius 1 is 1.28 bits per heavy atom. The lowest BCUT2D eigenvalue weighted by Crippen LogP contribution is -2.09. The molecule has 0 fully saturated rings. The molecule has 4 aromatic rings. The second kappa shape index (κ2) is 6.78. The maximum absolute atomic E-state index is 6.29. The zero-order valence-corrected chi connectivity index (χ0v) is 16.9. The number of hydrogen-bond donors (Lipinski definition) is 0. The van der Waals surface area contributed by atoms with Crippen molar-refractivity contribution in [2.24, 2.45) is 0 Å². The molecule has 4 heterocycles. The first-order chi connectivity index (χ1) is 14.1. The van der Waals surface area contributed by atoms with Crippen molar-refractivity contribution in [3.63, 3.8) is 0 Å². The van der Waals surface area contributed by atoms with Crippen molar-refractivity contribution in [3.05, 3.63) is 47.0 Å². The van der Waals surface area contributed by atoms with Gasteiger partial charge < -0.3 is 13.8 Å². The molecule has 3 aromatic heterocycles. The fourth-order valence-electron chi connectivity index (χ4n) is 3.47. The molecule has 10 heteroatoms. The lowest BCUT2D eigenvalue weighted by atomic mass is 10.1. The molecule has 0 spiro atoms. The van der Waals surface area contributed by atoms with E-state index < -0.39 is 0 Å². The Kier molecular flexibility index (Phi) is 4.21. The number of imidazole rings is 1. The molecule has 0 saturated heterocycles. The van der Waals surface area contributed by atoms with E-state index in [-0.39, 0.29) is 5.92 Å². The van der Waals surface area contributed by atoms with Crippen molar-refractivity contribution in [2.75, 3.05) is 7.11 Å². The molecule has 0 atom stereocenters. The van der Waals surface area contributed by atoms with Gasteiger partial charge in [-0.05, 0) is 18.2 Å². The summed E-state index contributed by atoms with van der Waals surface area (Å²) in [6.07, 6.45) is 1.76. The van der Waals surface area contributed by atoms with Gasteiger partial charge in [0.1, 0.15) is 18.6 Å². The summed E-state index contributed by atoms with van der Waals surface area (Å²) in [5.41, 5.74) is 3.34. The second-order valence-electron chi connectivity index (χ2n) is 7.14. The van der Waals surface area contributed by atoms with Gasteiger partial charge in [-0.1, -0.05) is 30.6 Å². The molecule has 1 aliphatic heterocycles. The summed E-state index contributed by atoms with van der Waals surface area (Å²) >= 11 is 6.29. The zero-order valence-electron chi connectivity index (χ0n) is 16.1. The number of methoxy groups -OCH3 is 1. The van der Waals surface area contributed by atoms with Gasteiger partial charge in [0.25, 0.3) is 0 Å². The van der Waals surface area contributed by atoms with Gasteiger partial charge in [0.2, 0.25) is 11.7 Å². The topological polar surface area (TPSA) is 96.7 Å². The van der Waals surface area contributed by atoms with E-state index in [1.54, 1.807) is 13.4 Å². The van der Waals surface area contributed by atoms with Gasteiger partial charge in [-0.15, -0.1) is 10.2 Å². The first-order valence-electron chi connectivity index (χ1n) is 9.18. The highest BCUT2D eigenvalue weighted by atomic mass is 35.5. The van der Waals surface area contributed by atoms with E-state index >= 15 is 0 Å². The Labute approximate surface area is 171 Å². The Hall–Kier alpha value is -3.04. The molecule has 1 aliphatic rings. The monoisotopic (exact) mass is 411 g/mol. The SMILES string of the molecule is COCc1nnc2n1Cc1c(-c3noc(C(C)C)n3)ncn1-c1ccc(Cl)cc1-2. The normalized spacial score (nSPS) is 12.6. The summed E-state index contributed by atoms with van der Waals surface area (Å²) in [4.78, 5) is 9.12. The van der Waals surface area contributed by atoms with E-state index in [0.29, 0.717) is 41.4 Å². The minimum Gasteiger partial charge on any atom is -0.377 e. The average Bonchev–Trinajstić information content (AvgIpc) is 3.40. The van der Waals surface area contributed by atoms with Crippen LogP contribution in [0.15, 0.2) is 29.0 Å². The number of nitrogens with zero attached hydrogens (tertiary/aromatic N) is 7. The molecular formula is C19H18ClN7O2. The molecule has 148 valence electrons. The largest absolute Gasteiger partial charge is 0.377 e. The smallest absolute Gasteiger partial charge is 0.229 e. The second-order valence-corrected chi connectivity index (χ2v) is 7.58. The van der Waals surface area contributed by atoms with Crippen LogP contribution < -0.4 is 0 Å². The van der Waals surface area contributed by atoms with Gasteiger partial charge >= 0.3 is 0 Å². The Bertz CT molecular complexity index is 1210. The Morgan fingerprint density at radius 3 is 2.90 bits per heavy atom. The van der Waals surface area contributed by atoms with E-state index in [2.05, 4.69) is 25.3 Å². The number of halogens is 1. The number of benzene rings is 1. The quantitative estimate of drug-likeness (QED) is 0.446. The maximum Gasteiger partial charge on any atom is 0.229 e. The number of aromatic nitrogens is 7. The van der Waals surface area contributed by atoms with Crippen LogP contribution in [0.3, 0.4) is 0 Å². The van der Waals surface area contributed by atoms with Gasteiger partial charge in [-0.25, -0.2) is 4.98 Å². The molecule has 5 rings (SSSR count). The summed E-state index contributed by atoms with van der Waals surface area (Å²) in [5, 5.41) is 13.5. The maximum atomic E-state index is 6.29. The van der Waals surface area contributed by atoms with Crippen molar-refractivity contribution in [1.82, 2.24) is 34.5 Å². The van der Waals surface area contributed by atoms with Crippen LogP contribution in [-0.2, 0) is 17.9 Å². The van der Waals surface area contributed by atoms with Crippen molar-refractivity contribution in [1.29, 1.82) is 0 Å². The van der Waals surface area contributed by atoms with Crippen molar-refractivity contribution in [2.45, 2.75) is 32.9 Å². The highest BCUT2D eigenvalue weighted by Gasteiger charge is 2.28. The molecule has 0 aliphatic carbocycles. The van der Waals surface area contributed by atoms with Gasteiger partial charge in [0, 0.05) is 23.6 Å². The van der Waals surface area contributed by atoms with Crippen molar-refractivity contribution >= 4 is 11.6 Å². The molecule has 0 unspecified atom stereocenters. The molecule has 0 radical (unpaired) electrons. The predicted octanol–water partition coefficient (Wildman–Crippen LogP) is 3.47. The molecular weight excluding hydrogens is 394 g/mol. The van der Waals surface area contributed by atoms with Crippen molar-refractivity contribution < 1.29 is 9.26 Å². The molecule has 0 saturated carbocycles. The number of fused-ring (bicyclic) bond motifs is 5. The lowest BCUT2D eigenvalue weighted by molar-refractivity contribution is 0.174. The van der Waals surface area contributed by atoms with Gasteiger partial charge in [0.15, 0.2) is 11.6 Å². The Morgan fingerprint density at radius 2 is 2.14 bits per heavy atom. The predicted molar refractivity (Wildman–Crippen MR) is 105 cm³/mol. The first kappa shape index (κ1) is 18.0. The first-order valence-corrected chi connectivity index (χ1v) is 9.56. The molecule has 1 aromatic carbocycles. The van der Waals surface area contributed by atoms with Crippen LogP contribution >= 0.6 is 11.6 Å². The van der Waals surface area contributed by atoms with E-state index in [1.165, 1.54) is 0 Å². The van der Waals surface area contributed by atoms with Crippen LogP contribution in [0.4, 0.5) is 0 Å². The number of ether oxygens (including phenoxy) is 1. The van der Waals surface area contributed by atoms with Crippen LogP contribution in [0, 0.1) is 0 Å². The molecule has 9 nitrogen and oxygen atoms in total. The fraction of sp³-hybridized carbons (Fsp3) is 0.316. The van der Waals surface area contributed by atoms with Gasteiger partial charge in [-0.2, -0.15) is 4.98 Å². The van der Waals surface area contributed by atoms with Crippen LogP contribution in [-0.4, -0.2) is 41.6 Å². The van der Waals surface area contributed by atoms with Crippen LogP contribution in [0.2, 0.25) is 5.02 Å². The minimum atomic E-state index is 0.137. The highest BCUT2D eigenvalue weighted by molar-refractivity contribution is 6.31.